The van der Waals surface area contributed by atoms with E-state index < -0.39 is 0 Å². The molecule has 0 spiro atoms. The molecule has 0 aliphatic carbocycles. The number of nitrogens with one attached hydrogen (secondary N) is 1. The molecule has 2 aromatic rings. The number of pyridine rings is 1. The third kappa shape index (κ3) is 3.33. The van der Waals surface area contributed by atoms with E-state index in [4.69, 9.17) is 0 Å². The molecule has 5 heteroatoms. The predicted molar refractivity (Wildman–Crippen MR) is 98.9 cm³/mol. The highest BCUT2D eigenvalue weighted by molar-refractivity contribution is 6.15. The van der Waals surface area contributed by atoms with Crippen LogP contribution in [0.2, 0.25) is 0 Å². The van der Waals surface area contributed by atoms with Crippen LogP contribution in [0.4, 0.5) is 5.69 Å². The molecule has 3 heterocycles. The van der Waals surface area contributed by atoms with E-state index in [-0.39, 0.29) is 11.8 Å². The first-order valence-corrected chi connectivity index (χ1v) is 8.78. The summed E-state index contributed by atoms with van der Waals surface area (Å²) in [7, 11) is 2.08. The Hall–Kier alpha value is -2.53. The zero-order chi connectivity index (χ0) is 17.2. The number of nitrogens with zero attached hydrogens (tertiary/aromatic N) is 3. The van der Waals surface area contributed by atoms with Gasteiger partial charge in [-0.05, 0) is 56.3 Å². The Bertz CT molecular complexity index is 816. The van der Waals surface area contributed by atoms with Crippen LogP contribution in [0, 0.1) is 5.92 Å². The van der Waals surface area contributed by atoms with E-state index in [0.29, 0.717) is 6.54 Å². The Balaban J connectivity index is 1.53. The van der Waals surface area contributed by atoms with Crippen LogP contribution in [0.15, 0.2) is 47.7 Å². The summed E-state index contributed by atoms with van der Waals surface area (Å²) in [6, 6.07) is 10.0. The second-order valence-corrected chi connectivity index (χ2v) is 6.86. The molecule has 1 amide bonds. The normalized spacial score (nSPS) is 20.0. The molecule has 1 atom stereocenters. The monoisotopic (exact) mass is 334 g/mol. The molecule has 128 valence electrons. The lowest BCUT2D eigenvalue weighted by molar-refractivity contribution is -0.121. The molecule has 1 unspecified atom stereocenters. The van der Waals surface area contributed by atoms with E-state index in [1.165, 1.54) is 5.56 Å². The van der Waals surface area contributed by atoms with Gasteiger partial charge in [-0.25, -0.2) is 0 Å². The maximum atomic E-state index is 12.6. The number of likely N-dealkylation sites (tertiary alicyclic amines) is 1. The molecular weight excluding hydrogens is 312 g/mol. The number of fused-ring (bicyclic) bond motifs is 1. The average molecular weight is 334 g/mol. The number of piperidine rings is 1. The van der Waals surface area contributed by atoms with Crippen LogP contribution in [0.1, 0.15) is 29.5 Å². The van der Waals surface area contributed by atoms with Crippen molar-refractivity contribution < 1.29 is 4.79 Å². The number of hydrogen-bond donors (Lipinski definition) is 1. The Morgan fingerprint density at radius 1 is 1.24 bits per heavy atom. The number of anilines is 1. The minimum absolute atomic E-state index is 0.0698. The van der Waals surface area contributed by atoms with Crippen LogP contribution >= 0.6 is 0 Å². The molecule has 1 aromatic heterocycles. The van der Waals surface area contributed by atoms with E-state index in [1.54, 1.807) is 12.4 Å². The van der Waals surface area contributed by atoms with Crippen LogP contribution in [-0.2, 0) is 11.3 Å². The fourth-order valence-corrected chi connectivity index (χ4v) is 3.64. The molecule has 0 bridgehead atoms. The largest absolute Gasteiger partial charge is 0.326 e. The van der Waals surface area contributed by atoms with Gasteiger partial charge in [0.05, 0.1) is 18.2 Å². The van der Waals surface area contributed by atoms with Gasteiger partial charge in [0.15, 0.2) is 0 Å². The maximum absolute atomic E-state index is 12.6. The topological polar surface area (TPSA) is 57.6 Å². The smallest absolute Gasteiger partial charge is 0.228 e. The molecule has 5 nitrogen and oxygen atoms in total. The Labute approximate surface area is 147 Å². The van der Waals surface area contributed by atoms with E-state index in [1.807, 2.05) is 24.3 Å². The lowest BCUT2D eigenvalue weighted by Gasteiger charge is -2.28. The molecule has 25 heavy (non-hydrogen) atoms. The highest BCUT2D eigenvalue weighted by Gasteiger charge is 2.24. The summed E-state index contributed by atoms with van der Waals surface area (Å²) in [6.07, 6.45) is 5.60. The lowest BCUT2D eigenvalue weighted by Crippen LogP contribution is -2.38. The van der Waals surface area contributed by atoms with Crippen molar-refractivity contribution in [1.29, 1.82) is 0 Å². The molecular formula is C20H22N4O. The first-order valence-electron chi connectivity index (χ1n) is 8.78. The quantitative estimate of drug-likeness (QED) is 0.939. The summed E-state index contributed by atoms with van der Waals surface area (Å²) < 4.78 is 0. The fourth-order valence-electron chi connectivity index (χ4n) is 3.64. The summed E-state index contributed by atoms with van der Waals surface area (Å²) in [4.78, 5) is 23.6. The van der Waals surface area contributed by atoms with Crippen molar-refractivity contribution in [3.8, 4) is 0 Å². The summed E-state index contributed by atoms with van der Waals surface area (Å²) in [5.74, 6) is 0.187. The number of hydrogen-bond acceptors (Lipinski definition) is 4. The molecule has 0 radical (unpaired) electrons. The minimum atomic E-state index is 0.0698. The molecule has 1 fully saturated rings. The average Bonchev–Trinajstić information content (AvgIpc) is 3.05. The third-order valence-corrected chi connectivity index (χ3v) is 4.99. The first-order chi connectivity index (χ1) is 12.2. The van der Waals surface area contributed by atoms with Crippen LogP contribution < -0.4 is 5.32 Å². The second-order valence-electron chi connectivity index (χ2n) is 6.86. The summed E-state index contributed by atoms with van der Waals surface area (Å²) >= 11 is 0. The molecule has 1 N–H and O–H groups in total. The van der Waals surface area contributed by atoms with Gasteiger partial charge in [0.2, 0.25) is 5.91 Å². The van der Waals surface area contributed by atoms with Crippen molar-refractivity contribution in [2.45, 2.75) is 19.4 Å². The fraction of sp³-hybridized carbons (Fsp3) is 0.350. The van der Waals surface area contributed by atoms with E-state index in [2.05, 4.69) is 33.3 Å². The van der Waals surface area contributed by atoms with Crippen LogP contribution in [0.25, 0.3) is 0 Å². The van der Waals surface area contributed by atoms with Gasteiger partial charge in [-0.3, -0.25) is 14.8 Å². The maximum Gasteiger partial charge on any atom is 0.228 e. The highest BCUT2D eigenvalue weighted by Crippen LogP contribution is 2.26. The second kappa shape index (κ2) is 6.76. The molecule has 2 aliphatic heterocycles. The number of aromatic nitrogens is 1. The van der Waals surface area contributed by atoms with Gasteiger partial charge in [0.1, 0.15) is 0 Å². The lowest BCUT2D eigenvalue weighted by atomic mass is 9.97. The molecule has 2 aliphatic rings. The van der Waals surface area contributed by atoms with Crippen LogP contribution in [0.5, 0.6) is 0 Å². The molecule has 1 saturated heterocycles. The predicted octanol–water partition coefficient (Wildman–Crippen LogP) is 2.71. The van der Waals surface area contributed by atoms with Gasteiger partial charge in [-0.2, -0.15) is 0 Å². The number of rotatable bonds is 3. The summed E-state index contributed by atoms with van der Waals surface area (Å²) in [5.41, 5.74) is 5.18. The zero-order valence-corrected chi connectivity index (χ0v) is 14.4. The van der Waals surface area contributed by atoms with Gasteiger partial charge in [-0.15, -0.1) is 0 Å². The van der Waals surface area contributed by atoms with Crippen molar-refractivity contribution in [2.24, 2.45) is 10.9 Å². The van der Waals surface area contributed by atoms with Crippen molar-refractivity contribution in [3.63, 3.8) is 0 Å². The van der Waals surface area contributed by atoms with Crippen molar-refractivity contribution in [2.75, 3.05) is 25.5 Å². The van der Waals surface area contributed by atoms with E-state index >= 15 is 0 Å². The summed E-state index contributed by atoms with van der Waals surface area (Å²) in [5, 5.41) is 3.10. The van der Waals surface area contributed by atoms with Crippen molar-refractivity contribution >= 4 is 17.3 Å². The van der Waals surface area contributed by atoms with E-state index in [9.17, 15) is 4.79 Å². The Kier molecular flexibility index (Phi) is 4.32. The van der Waals surface area contributed by atoms with Gasteiger partial charge >= 0.3 is 0 Å². The number of benzene rings is 1. The molecule has 1 aromatic carbocycles. The summed E-state index contributed by atoms with van der Waals surface area (Å²) in [6.45, 7) is 2.60. The van der Waals surface area contributed by atoms with Gasteiger partial charge in [0, 0.05) is 35.8 Å². The minimum Gasteiger partial charge on any atom is -0.326 e. The Morgan fingerprint density at radius 2 is 2.08 bits per heavy atom. The van der Waals surface area contributed by atoms with Crippen LogP contribution in [0.3, 0.4) is 0 Å². The molecule has 0 saturated carbocycles. The van der Waals surface area contributed by atoms with Gasteiger partial charge < -0.3 is 10.2 Å². The standard InChI is InChI=1S/C20H22N4O/c1-24-10-2-3-16(13-24)20(25)23-17-5-4-15-12-22-19(18(15)11-17)14-6-8-21-9-7-14/h4-9,11,16H,2-3,10,12-13H2,1H3,(H,23,25). The number of aliphatic imine (C=N–C) groups is 1. The number of carbonyl (C=O) groups is 1. The highest BCUT2D eigenvalue weighted by atomic mass is 16.1. The zero-order valence-electron chi connectivity index (χ0n) is 14.4. The number of amides is 1. The van der Waals surface area contributed by atoms with Gasteiger partial charge in [-0.1, -0.05) is 6.07 Å². The third-order valence-electron chi connectivity index (χ3n) is 4.99. The number of carbonyl (C=O) groups excluding carboxylic acids is 1. The first kappa shape index (κ1) is 16.0. The molecule has 4 rings (SSSR count). The van der Waals surface area contributed by atoms with Crippen LogP contribution in [-0.4, -0.2) is 41.6 Å². The van der Waals surface area contributed by atoms with Crippen molar-refractivity contribution in [1.82, 2.24) is 9.88 Å². The SMILES string of the molecule is CN1CCCC(C(=O)Nc2ccc3c(c2)C(c2ccncc2)=NC3)C1. The van der Waals surface area contributed by atoms with Gasteiger partial charge in [0.25, 0.3) is 0 Å². The van der Waals surface area contributed by atoms with E-state index in [0.717, 1.165) is 48.5 Å². The Morgan fingerprint density at radius 3 is 2.88 bits per heavy atom. The van der Waals surface area contributed by atoms with Crippen molar-refractivity contribution in [3.05, 3.63) is 59.4 Å².